The van der Waals surface area contributed by atoms with Crippen molar-refractivity contribution in [1.82, 2.24) is 4.90 Å². The molecule has 1 saturated heterocycles. The number of likely N-dealkylation sites (tertiary alicyclic amines) is 1. The molecule has 0 aromatic rings. The van der Waals surface area contributed by atoms with Crippen LogP contribution in [0.5, 0.6) is 0 Å². The van der Waals surface area contributed by atoms with Crippen molar-refractivity contribution in [2.45, 2.75) is 50.7 Å². The molecule has 0 aromatic carbocycles. The number of carbonyl (C=O) groups is 1. The molecule has 3 atom stereocenters. The van der Waals surface area contributed by atoms with E-state index in [9.17, 15) is 9.90 Å². The molecule has 0 radical (unpaired) electrons. The van der Waals surface area contributed by atoms with Crippen LogP contribution in [0.15, 0.2) is 0 Å². The van der Waals surface area contributed by atoms with Crippen LogP contribution in [-0.4, -0.2) is 45.8 Å². The maximum atomic E-state index is 10.9. The minimum Gasteiger partial charge on any atom is -0.479 e. The fourth-order valence-corrected chi connectivity index (χ4v) is 3.22. The van der Waals surface area contributed by atoms with Crippen molar-refractivity contribution in [2.75, 3.05) is 13.1 Å². The van der Waals surface area contributed by atoms with Crippen LogP contribution in [0.2, 0.25) is 0 Å². The highest BCUT2D eigenvalue weighted by Gasteiger charge is 2.40. The highest BCUT2D eigenvalue weighted by molar-refractivity contribution is 5.76. The number of aliphatic carboxylic acids is 1. The van der Waals surface area contributed by atoms with Gasteiger partial charge in [0.1, 0.15) is 0 Å². The molecule has 4 heteroatoms. The minimum atomic E-state index is -1.61. The normalized spacial score (nSPS) is 34.4. The van der Waals surface area contributed by atoms with Gasteiger partial charge in [0.25, 0.3) is 0 Å². The van der Waals surface area contributed by atoms with E-state index in [1.54, 1.807) is 0 Å². The molecule has 3 unspecified atom stereocenters. The van der Waals surface area contributed by atoms with Crippen molar-refractivity contribution in [1.29, 1.82) is 0 Å². The van der Waals surface area contributed by atoms with Crippen LogP contribution >= 0.6 is 0 Å². The predicted octanol–water partition coefficient (Wildman–Crippen LogP) is 1.09. The van der Waals surface area contributed by atoms with E-state index in [4.69, 9.17) is 5.11 Å². The number of nitrogens with zero attached hydrogens (tertiary/aromatic N) is 1. The molecule has 1 aliphatic heterocycles. The van der Waals surface area contributed by atoms with Gasteiger partial charge in [0.05, 0.1) is 0 Å². The number of hydrogen-bond donors (Lipinski definition) is 2. The summed E-state index contributed by atoms with van der Waals surface area (Å²) in [5, 5.41) is 18.8. The van der Waals surface area contributed by atoms with Crippen LogP contribution in [0.25, 0.3) is 0 Å². The van der Waals surface area contributed by atoms with Crippen molar-refractivity contribution in [3.05, 3.63) is 0 Å². The number of rotatable bonds is 3. The van der Waals surface area contributed by atoms with Gasteiger partial charge in [-0.25, -0.2) is 4.79 Å². The fourth-order valence-electron chi connectivity index (χ4n) is 3.22. The Balaban J connectivity index is 2.01. The molecular formula is C12H21NO3. The van der Waals surface area contributed by atoms with Crippen molar-refractivity contribution in [3.8, 4) is 0 Å². The second-order valence-corrected chi connectivity index (χ2v) is 5.45. The quantitative estimate of drug-likeness (QED) is 0.757. The Morgan fingerprint density at radius 3 is 2.75 bits per heavy atom. The summed E-state index contributed by atoms with van der Waals surface area (Å²) in [6, 6.07) is 0.513. The summed E-state index contributed by atoms with van der Waals surface area (Å²) in [7, 11) is 0. The smallest absolute Gasteiger partial charge is 0.336 e. The van der Waals surface area contributed by atoms with E-state index in [2.05, 4.69) is 4.90 Å². The van der Waals surface area contributed by atoms with Crippen LogP contribution in [0, 0.1) is 5.92 Å². The molecule has 16 heavy (non-hydrogen) atoms. The Kier molecular flexibility index (Phi) is 3.22. The Bertz CT molecular complexity index is 277. The molecule has 0 spiro atoms. The van der Waals surface area contributed by atoms with Gasteiger partial charge < -0.3 is 10.2 Å². The molecule has 1 aliphatic carbocycles. The second-order valence-electron chi connectivity index (χ2n) is 5.45. The Hall–Kier alpha value is -0.610. The van der Waals surface area contributed by atoms with Gasteiger partial charge in [0, 0.05) is 12.6 Å². The number of fused-ring (bicyclic) bond motifs is 1. The zero-order valence-electron chi connectivity index (χ0n) is 9.85. The summed E-state index contributed by atoms with van der Waals surface area (Å²) in [6.07, 6.45) is 6.10. The predicted molar refractivity (Wildman–Crippen MR) is 60.2 cm³/mol. The van der Waals surface area contributed by atoms with E-state index in [1.165, 1.54) is 32.6 Å². The van der Waals surface area contributed by atoms with E-state index < -0.39 is 11.6 Å². The third-order valence-corrected chi connectivity index (χ3v) is 4.08. The van der Waals surface area contributed by atoms with Crippen LogP contribution in [0.3, 0.4) is 0 Å². The average molecular weight is 227 g/mol. The minimum absolute atomic E-state index is 0.267. The molecule has 2 N–H and O–H groups in total. The molecule has 4 nitrogen and oxygen atoms in total. The zero-order valence-corrected chi connectivity index (χ0v) is 9.85. The first kappa shape index (κ1) is 11.9. The maximum absolute atomic E-state index is 10.9. The Labute approximate surface area is 96.3 Å². The average Bonchev–Trinajstić information content (AvgIpc) is 2.65. The number of carboxylic acid groups (broad SMARTS) is 1. The molecule has 2 fully saturated rings. The van der Waals surface area contributed by atoms with E-state index in [0.717, 1.165) is 18.9 Å². The highest BCUT2D eigenvalue weighted by Crippen LogP contribution is 2.37. The van der Waals surface area contributed by atoms with E-state index in [0.29, 0.717) is 6.04 Å². The number of hydrogen-bond acceptors (Lipinski definition) is 3. The largest absolute Gasteiger partial charge is 0.479 e. The lowest BCUT2D eigenvalue weighted by atomic mass is 9.90. The van der Waals surface area contributed by atoms with Crippen molar-refractivity contribution < 1.29 is 15.0 Å². The number of β-amino-alcohol motifs (C(OH)–C–C–N with tert-alkyl or cyclic N) is 1. The van der Waals surface area contributed by atoms with Crippen molar-refractivity contribution in [2.24, 2.45) is 5.92 Å². The topological polar surface area (TPSA) is 60.8 Å². The van der Waals surface area contributed by atoms with Gasteiger partial charge in [-0.15, -0.1) is 0 Å². The third kappa shape index (κ3) is 2.23. The van der Waals surface area contributed by atoms with E-state index in [1.807, 2.05) is 0 Å². The van der Waals surface area contributed by atoms with Crippen LogP contribution in [-0.2, 0) is 4.79 Å². The number of piperidine rings is 1. The molecule has 92 valence electrons. The maximum Gasteiger partial charge on any atom is 0.336 e. The Morgan fingerprint density at radius 2 is 2.06 bits per heavy atom. The first-order chi connectivity index (χ1) is 7.50. The molecule has 2 aliphatic rings. The third-order valence-electron chi connectivity index (χ3n) is 4.08. The summed E-state index contributed by atoms with van der Waals surface area (Å²) in [4.78, 5) is 13.1. The first-order valence-corrected chi connectivity index (χ1v) is 6.20. The Morgan fingerprint density at radius 1 is 1.38 bits per heavy atom. The monoisotopic (exact) mass is 227 g/mol. The lowest BCUT2D eigenvalue weighted by Gasteiger charge is -2.40. The molecule has 0 amide bonds. The summed E-state index contributed by atoms with van der Waals surface area (Å²) >= 11 is 0. The van der Waals surface area contributed by atoms with E-state index in [-0.39, 0.29) is 6.54 Å². The van der Waals surface area contributed by atoms with Gasteiger partial charge in [-0.2, -0.15) is 0 Å². The zero-order chi connectivity index (χ0) is 11.8. The van der Waals surface area contributed by atoms with Gasteiger partial charge in [0.2, 0.25) is 0 Å². The van der Waals surface area contributed by atoms with Crippen LogP contribution < -0.4 is 0 Å². The summed E-state index contributed by atoms with van der Waals surface area (Å²) in [5.41, 5.74) is -1.61. The highest BCUT2D eigenvalue weighted by atomic mass is 16.4. The summed E-state index contributed by atoms with van der Waals surface area (Å²) in [5.74, 6) is -0.383. The van der Waals surface area contributed by atoms with Crippen molar-refractivity contribution >= 4 is 5.97 Å². The summed E-state index contributed by atoms with van der Waals surface area (Å²) < 4.78 is 0. The van der Waals surface area contributed by atoms with Crippen LogP contribution in [0.4, 0.5) is 0 Å². The molecular weight excluding hydrogens is 206 g/mol. The van der Waals surface area contributed by atoms with Gasteiger partial charge in [-0.05, 0) is 45.1 Å². The lowest BCUT2D eigenvalue weighted by Crippen LogP contribution is -2.52. The number of aliphatic hydroxyl groups is 1. The van der Waals surface area contributed by atoms with Gasteiger partial charge >= 0.3 is 5.97 Å². The van der Waals surface area contributed by atoms with E-state index >= 15 is 0 Å². The lowest BCUT2D eigenvalue weighted by molar-refractivity contribution is -0.159. The molecule has 2 rings (SSSR count). The fraction of sp³-hybridized carbons (Fsp3) is 0.917. The molecule has 1 saturated carbocycles. The molecule has 0 aromatic heterocycles. The second kappa shape index (κ2) is 4.34. The van der Waals surface area contributed by atoms with Crippen LogP contribution in [0.1, 0.15) is 39.0 Å². The van der Waals surface area contributed by atoms with Crippen molar-refractivity contribution in [3.63, 3.8) is 0 Å². The molecule has 1 heterocycles. The molecule has 0 bridgehead atoms. The standard InChI is InChI=1S/C12H21NO3/c1-12(16,11(14)15)8-13-7-3-5-9-4-2-6-10(9)13/h9-10,16H,2-8H2,1H3,(H,14,15). The SMILES string of the molecule is CC(O)(CN1CCCC2CCCC21)C(=O)O. The van der Waals surface area contributed by atoms with Gasteiger partial charge in [-0.3, -0.25) is 4.90 Å². The van der Waals surface area contributed by atoms with Gasteiger partial charge in [0.15, 0.2) is 5.60 Å². The summed E-state index contributed by atoms with van der Waals surface area (Å²) in [6.45, 7) is 2.60. The van der Waals surface area contributed by atoms with Gasteiger partial charge in [-0.1, -0.05) is 6.42 Å². The first-order valence-electron chi connectivity index (χ1n) is 6.20. The number of carboxylic acids is 1.